The van der Waals surface area contributed by atoms with Crippen molar-refractivity contribution in [1.82, 2.24) is 0 Å². The average molecular weight is 288 g/mol. The molecule has 0 saturated carbocycles. The number of Topliss-reactive ketones (excluding diaryl/α,β-unsaturated/α-hetero) is 1. The molecule has 1 aromatic rings. The summed E-state index contributed by atoms with van der Waals surface area (Å²) in [4.78, 5) is 23.8. The maximum atomic E-state index is 12.3. The summed E-state index contributed by atoms with van der Waals surface area (Å²) in [6.45, 7) is 8.86. The molecule has 0 bridgehead atoms. The third-order valence-electron chi connectivity index (χ3n) is 3.02. The Bertz CT molecular complexity index is 521. The lowest BCUT2D eigenvalue weighted by molar-refractivity contribution is -0.150. The third-order valence-corrected chi connectivity index (χ3v) is 3.02. The summed E-state index contributed by atoms with van der Waals surface area (Å²) in [7, 11) is 0. The van der Waals surface area contributed by atoms with Gasteiger partial charge in [0.2, 0.25) is 0 Å². The van der Waals surface area contributed by atoms with Crippen LogP contribution < -0.4 is 0 Å². The molecular weight excluding hydrogens is 264 g/mol. The Kier molecular flexibility index (Phi) is 5.89. The van der Waals surface area contributed by atoms with Crippen molar-refractivity contribution in [2.45, 2.75) is 46.6 Å². The van der Waals surface area contributed by atoms with Gasteiger partial charge in [0.25, 0.3) is 0 Å². The van der Waals surface area contributed by atoms with E-state index in [1.165, 1.54) is 0 Å². The number of benzene rings is 1. The van der Waals surface area contributed by atoms with E-state index in [9.17, 15) is 9.59 Å². The molecule has 0 fully saturated rings. The second-order valence-corrected chi connectivity index (χ2v) is 6.30. The van der Waals surface area contributed by atoms with Crippen LogP contribution in [0.2, 0.25) is 0 Å². The van der Waals surface area contributed by atoms with Gasteiger partial charge in [-0.05, 0) is 45.8 Å². The second kappa shape index (κ2) is 7.21. The Morgan fingerprint density at radius 1 is 1.19 bits per heavy atom. The van der Waals surface area contributed by atoms with Gasteiger partial charge >= 0.3 is 5.97 Å². The molecule has 0 saturated heterocycles. The third kappa shape index (κ3) is 6.39. The van der Waals surface area contributed by atoms with Gasteiger partial charge in [0.15, 0.2) is 0 Å². The minimum Gasteiger partial charge on any atom is -0.457 e. The summed E-state index contributed by atoms with van der Waals surface area (Å²) in [5.41, 5.74) is 0.903. The van der Waals surface area contributed by atoms with E-state index in [4.69, 9.17) is 4.74 Å². The van der Waals surface area contributed by atoms with Crippen LogP contribution in [0.25, 0.3) is 6.08 Å². The summed E-state index contributed by atoms with van der Waals surface area (Å²) in [6, 6.07) is 9.58. The predicted octanol–water partition coefficient (Wildman–Crippen LogP) is 4.03. The number of carbonyl (C=O) groups excluding carboxylic acids is 2. The minimum absolute atomic E-state index is 0.0671. The molecule has 0 aliphatic heterocycles. The Morgan fingerprint density at radius 2 is 1.76 bits per heavy atom. The van der Waals surface area contributed by atoms with E-state index in [-0.39, 0.29) is 17.7 Å². The number of hydrogen-bond donors (Lipinski definition) is 0. The Hall–Kier alpha value is -1.90. The van der Waals surface area contributed by atoms with Crippen LogP contribution in [-0.4, -0.2) is 17.4 Å². The number of ether oxygens (including phenoxy) is 1. The molecule has 21 heavy (non-hydrogen) atoms. The Labute approximate surface area is 127 Å². The maximum Gasteiger partial charge on any atom is 0.334 e. The van der Waals surface area contributed by atoms with Gasteiger partial charge in [0, 0.05) is 11.5 Å². The highest BCUT2D eigenvalue weighted by Gasteiger charge is 2.22. The van der Waals surface area contributed by atoms with Gasteiger partial charge in [-0.15, -0.1) is 0 Å². The largest absolute Gasteiger partial charge is 0.457 e. The van der Waals surface area contributed by atoms with Crippen LogP contribution in [0.15, 0.2) is 35.9 Å². The first-order chi connectivity index (χ1) is 9.69. The number of ketones is 1. The summed E-state index contributed by atoms with van der Waals surface area (Å²) in [6.07, 6.45) is 2.19. The smallest absolute Gasteiger partial charge is 0.334 e. The van der Waals surface area contributed by atoms with E-state index in [0.717, 1.165) is 5.56 Å². The predicted molar refractivity (Wildman–Crippen MR) is 84.7 cm³/mol. The molecule has 0 spiro atoms. The van der Waals surface area contributed by atoms with Crippen molar-refractivity contribution >= 4 is 17.8 Å². The molecule has 0 aromatic heterocycles. The molecule has 3 nitrogen and oxygen atoms in total. The molecule has 1 aromatic carbocycles. The average Bonchev–Trinajstić information content (AvgIpc) is 2.36. The first kappa shape index (κ1) is 17.2. The number of rotatable bonds is 5. The van der Waals surface area contributed by atoms with Gasteiger partial charge in [-0.2, -0.15) is 0 Å². The van der Waals surface area contributed by atoms with E-state index in [0.29, 0.717) is 12.0 Å². The van der Waals surface area contributed by atoms with Crippen molar-refractivity contribution in [2.75, 3.05) is 0 Å². The highest BCUT2D eigenvalue weighted by atomic mass is 16.6. The van der Waals surface area contributed by atoms with E-state index in [2.05, 4.69) is 0 Å². The first-order valence-electron chi connectivity index (χ1n) is 7.18. The van der Waals surface area contributed by atoms with Gasteiger partial charge in [-0.25, -0.2) is 4.79 Å². The van der Waals surface area contributed by atoms with Crippen LogP contribution >= 0.6 is 0 Å². The monoisotopic (exact) mass is 288 g/mol. The van der Waals surface area contributed by atoms with Crippen LogP contribution in [0.5, 0.6) is 0 Å². The second-order valence-electron chi connectivity index (χ2n) is 6.30. The maximum absolute atomic E-state index is 12.3. The van der Waals surface area contributed by atoms with E-state index >= 15 is 0 Å². The molecule has 0 aliphatic carbocycles. The summed E-state index contributed by atoms with van der Waals surface area (Å²) >= 11 is 0. The van der Waals surface area contributed by atoms with Crippen LogP contribution in [0.4, 0.5) is 0 Å². The lowest BCUT2D eigenvalue weighted by atomic mass is 9.96. The zero-order chi connectivity index (χ0) is 16.0. The van der Waals surface area contributed by atoms with E-state index in [1.807, 2.05) is 58.0 Å². The first-order valence-corrected chi connectivity index (χ1v) is 7.18. The van der Waals surface area contributed by atoms with E-state index in [1.54, 1.807) is 13.0 Å². The molecule has 114 valence electrons. The molecule has 1 rings (SSSR count). The zero-order valence-electron chi connectivity index (χ0n) is 13.5. The molecular formula is C18H24O3. The molecule has 1 atom stereocenters. The van der Waals surface area contributed by atoms with Gasteiger partial charge in [0.1, 0.15) is 11.4 Å². The normalized spacial score (nSPS) is 13.7. The highest BCUT2D eigenvalue weighted by molar-refractivity contribution is 5.95. The SMILES string of the molecule is CC(=O)C(C)C/C(=C/c1ccccc1)C(=O)OC(C)(C)C. The Morgan fingerprint density at radius 3 is 2.24 bits per heavy atom. The van der Waals surface area contributed by atoms with Crippen LogP contribution in [0.3, 0.4) is 0 Å². The zero-order valence-corrected chi connectivity index (χ0v) is 13.5. The standard InChI is InChI=1S/C18H24O3/c1-13(14(2)19)11-16(17(20)21-18(3,4)5)12-15-9-7-6-8-10-15/h6-10,12-13H,11H2,1-5H3/b16-12-. The van der Waals surface area contributed by atoms with Crippen LogP contribution in [-0.2, 0) is 14.3 Å². The van der Waals surface area contributed by atoms with Gasteiger partial charge in [0.05, 0.1) is 0 Å². The summed E-state index contributed by atoms with van der Waals surface area (Å²) in [5, 5.41) is 0. The van der Waals surface area contributed by atoms with E-state index < -0.39 is 5.60 Å². The van der Waals surface area contributed by atoms with Gasteiger partial charge in [-0.3, -0.25) is 4.79 Å². The van der Waals surface area contributed by atoms with Crippen molar-refractivity contribution < 1.29 is 14.3 Å². The number of esters is 1. The van der Waals surface area contributed by atoms with Crippen LogP contribution in [0, 0.1) is 5.92 Å². The van der Waals surface area contributed by atoms with Gasteiger partial charge < -0.3 is 4.74 Å². The molecule has 0 radical (unpaired) electrons. The topological polar surface area (TPSA) is 43.4 Å². The molecule has 0 amide bonds. The fraction of sp³-hybridized carbons (Fsp3) is 0.444. The molecule has 3 heteroatoms. The van der Waals surface area contributed by atoms with Crippen LogP contribution in [0.1, 0.15) is 46.6 Å². The molecule has 1 unspecified atom stereocenters. The van der Waals surface area contributed by atoms with Gasteiger partial charge in [-0.1, -0.05) is 37.3 Å². The van der Waals surface area contributed by atoms with Crippen molar-refractivity contribution in [2.24, 2.45) is 5.92 Å². The lowest BCUT2D eigenvalue weighted by Crippen LogP contribution is -2.25. The molecule has 0 heterocycles. The summed E-state index contributed by atoms with van der Waals surface area (Å²) in [5.74, 6) is -0.496. The number of hydrogen-bond acceptors (Lipinski definition) is 3. The minimum atomic E-state index is -0.549. The fourth-order valence-corrected chi connectivity index (χ4v) is 1.77. The van der Waals surface area contributed by atoms with Crippen molar-refractivity contribution in [3.05, 3.63) is 41.5 Å². The Balaban J connectivity index is 3.02. The molecule has 0 aliphatic rings. The molecule has 0 N–H and O–H groups in total. The quantitative estimate of drug-likeness (QED) is 0.607. The lowest BCUT2D eigenvalue weighted by Gasteiger charge is -2.21. The fourth-order valence-electron chi connectivity index (χ4n) is 1.77. The number of carbonyl (C=O) groups is 2. The highest BCUT2D eigenvalue weighted by Crippen LogP contribution is 2.20. The summed E-state index contributed by atoms with van der Waals surface area (Å²) < 4.78 is 5.43. The van der Waals surface area contributed by atoms with Crippen molar-refractivity contribution in [3.8, 4) is 0 Å². The van der Waals surface area contributed by atoms with Crippen molar-refractivity contribution in [1.29, 1.82) is 0 Å². The van der Waals surface area contributed by atoms with Crippen molar-refractivity contribution in [3.63, 3.8) is 0 Å².